The van der Waals surface area contributed by atoms with Crippen LogP contribution in [0.3, 0.4) is 0 Å². The Morgan fingerprint density at radius 2 is 1.68 bits per heavy atom. The molecule has 0 aliphatic carbocycles. The molecule has 0 fully saturated rings. The van der Waals surface area contributed by atoms with Gasteiger partial charge in [0, 0.05) is 6.54 Å². The van der Waals surface area contributed by atoms with Crippen molar-refractivity contribution in [1.29, 1.82) is 0 Å². The molecular formula is C14H19N5O4S2. The van der Waals surface area contributed by atoms with Crippen LogP contribution in [-0.4, -0.2) is 38.6 Å². The number of rotatable bonds is 5. The van der Waals surface area contributed by atoms with E-state index in [4.69, 9.17) is 0 Å². The molecule has 0 saturated heterocycles. The number of aromatic nitrogens is 3. The van der Waals surface area contributed by atoms with Crippen molar-refractivity contribution in [2.75, 3.05) is 7.05 Å². The minimum absolute atomic E-state index is 0.00184. The van der Waals surface area contributed by atoms with Crippen molar-refractivity contribution in [3.8, 4) is 0 Å². The summed E-state index contributed by atoms with van der Waals surface area (Å²) in [6, 6.07) is 4.60. The molecule has 9 nitrogen and oxygen atoms in total. The number of sulfonamides is 2. The van der Waals surface area contributed by atoms with Crippen LogP contribution in [0.1, 0.15) is 30.5 Å². The van der Waals surface area contributed by atoms with Crippen LogP contribution >= 0.6 is 0 Å². The van der Waals surface area contributed by atoms with Gasteiger partial charge in [0.1, 0.15) is 11.6 Å². The summed E-state index contributed by atoms with van der Waals surface area (Å²) in [5.41, 5.74) is 0. The molecule has 2 heterocycles. The highest BCUT2D eigenvalue weighted by atomic mass is 32.2. The van der Waals surface area contributed by atoms with Crippen LogP contribution in [0.5, 0.6) is 0 Å². The Morgan fingerprint density at radius 1 is 1.08 bits per heavy atom. The number of aryl methyl sites for hydroxylation is 2. The second-order valence-electron chi connectivity index (χ2n) is 5.74. The Bertz CT molecular complexity index is 981. The predicted octanol–water partition coefficient (Wildman–Crippen LogP) is 0.308. The van der Waals surface area contributed by atoms with Crippen molar-refractivity contribution in [3.05, 3.63) is 35.9 Å². The third-order valence-electron chi connectivity index (χ3n) is 3.99. The van der Waals surface area contributed by atoms with Gasteiger partial charge in [-0.3, -0.25) is 0 Å². The molecule has 0 amide bonds. The van der Waals surface area contributed by atoms with Crippen molar-refractivity contribution >= 4 is 20.0 Å². The monoisotopic (exact) mass is 385 g/mol. The molecule has 0 bridgehead atoms. The van der Waals surface area contributed by atoms with Crippen molar-refractivity contribution in [2.24, 2.45) is 0 Å². The van der Waals surface area contributed by atoms with Crippen LogP contribution in [0.4, 0.5) is 0 Å². The van der Waals surface area contributed by atoms with E-state index < -0.39 is 26.1 Å². The lowest BCUT2D eigenvalue weighted by atomic mass is 10.1. The average Bonchev–Trinajstić information content (AvgIpc) is 2.96. The number of fused-ring (bicyclic) bond motifs is 1. The van der Waals surface area contributed by atoms with Gasteiger partial charge in [-0.1, -0.05) is 0 Å². The van der Waals surface area contributed by atoms with Crippen LogP contribution in [0, 0.1) is 6.92 Å². The molecular weight excluding hydrogens is 366 g/mol. The largest absolute Gasteiger partial charge is 0.248 e. The molecule has 2 N–H and O–H groups in total. The summed E-state index contributed by atoms with van der Waals surface area (Å²) in [4.78, 5) is 4.30. The molecule has 0 radical (unpaired) electrons. The van der Waals surface area contributed by atoms with Gasteiger partial charge in [-0.05, 0) is 51.1 Å². The lowest BCUT2D eigenvalue weighted by Crippen LogP contribution is -2.33. The molecule has 1 aliphatic rings. The zero-order chi connectivity index (χ0) is 18.2. The van der Waals surface area contributed by atoms with Crippen LogP contribution in [0.2, 0.25) is 0 Å². The first-order chi connectivity index (χ1) is 11.7. The van der Waals surface area contributed by atoms with Gasteiger partial charge in [0.15, 0.2) is 0 Å². The first kappa shape index (κ1) is 18.0. The molecule has 25 heavy (non-hydrogen) atoms. The van der Waals surface area contributed by atoms with Crippen LogP contribution in [-0.2, 0) is 26.6 Å². The lowest BCUT2D eigenvalue weighted by Gasteiger charge is -2.23. The third kappa shape index (κ3) is 3.59. The van der Waals surface area contributed by atoms with E-state index in [0.717, 1.165) is 6.42 Å². The lowest BCUT2D eigenvalue weighted by molar-refractivity contribution is 0.399. The highest BCUT2D eigenvalue weighted by molar-refractivity contribution is 7.90. The summed E-state index contributed by atoms with van der Waals surface area (Å²) >= 11 is 0. The number of hydrogen-bond donors (Lipinski definition) is 2. The van der Waals surface area contributed by atoms with Gasteiger partial charge in [0.2, 0.25) is 20.0 Å². The summed E-state index contributed by atoms with van der Waals surface area (Å²) in [7, 11) is -6.13. The summed E-state index contributed by atoms with van der Waals surface area (Å²) in [6.45, 7) is 2.47. The Hall–Kier alpha value is -1.82. The van der Waals surface area contributed by atoms with Gasteiger partial charge in [-0.2, -0.15) is 5.10 Å². The van der Waals surface area contributed by atoms with Gasteiger partial charge >= 0.3 is 0 Å². The quantitative estimate of drug-likeness (QED) is 0.763. The third-order valence-corrected chi connectivity index (χ3v) is 6.91. The Labute approximate surface area is 146 Å². The zero-order valence-corrected chi connectivity index (χ0v) is 15.4. The number of nitrogens with one attached hydrogen (secondary N) is 2. The number of benzene rings is 1. The highest BCUT2D eigenvalue weighted by Crippen LogP contribution is 2.25. The summed E-state index contributed by atoms with van der Waals surface area (Å²) in [5, 5.41) is 4.25. The molecule has 1 aromatic carbocycles. The maximum atomic E-state index is 12.6. The van der Waals surface area contributed by atoms with E-state index in [9.17, 15) is 16.8 Å². The minimum atomic E-state index is -3.81. The number of nitrogens with zero attached hydrogens (tertiary/aromatic N) is 3. The Balaban J connectivity index is 1.86. The molecule has 1 aliphatic heterocycles. The Kier molecular flexibility index (Phi) is 4.66. The van der Waals surface area contributed by atoms with Crippen molar-refractivity contribution in [3.63, 3.8) is 0 Å². The van der Waals surface area contributed by atoms with Gasteiger partial charge in [-0.25, -0.2) is 35.9 Å². The maximum absolute atomic E-state index is 12.6. The van der Waals surface area contributed by atoms with E-state index in [2.05, 4.69) is 19.5 Å². The maximum Gasteiger partial charge on any atom is 0.241 e. The van der Waals surface area contributed by atoms with Crippen LogP contribution < -0.4 is 9.44 Å². The van der Waals surface area contributed by atoms with Gasteiger partial charge in [-0.15, -0.1) is 0 Å². The molecule has 0 saturated carbocycles. The van der Waals surface area contributed by atoms with Crippen molar-refractivity contribution in [2.45, 2.75) is 42.1 Å². The smallest absolute Gasteiger partial charge is 0.241 e. The average molecular weight is 385 g/mol. The van der Waals surface area contributed by atoms with Gasteiger partial charge in [0.05, 0.1) is 15.8 Å². The van der Waals surface area contributed by atoms with E-state index in [-0.39, 0.29) is 9.79 Å². The first-order valence-electron chi connectivity index (χ1n) is 7.70. The minimum Gasteiger partial charge on any atom is -0.248 e. The summed E-state index contributed by atoms with van der Waals surface area (Å²) in [6.07, 6.45) is 1.42. The molecule has 1 aromatic heterocycles. The van der Waals surface area contributed by atoms with Crippen LogP contribution in [0.15, 0.2) is 34.1 Å². The van der Waals surface area contributed by atoms with Crippen molar-refractivity contribution in [1.82, 2.24) is 24.2 Å². The second kappa shape index (κ2) is 6.48. The number of hydrogen-bond acceptors (Lipinski definition) is 6. The molecule has 2 aromatic rings. The van der Waals surface area contributed by atoms with Gasteiger partial charge < -0.3 is 0 Å². The predicted molar refractivity (Wildman–Crippen MR) is 89.7 cm³/mol. The standard InChI is InChI=1S/C14H19N5O4S2/c1-10-16-14-13(4-3-9-19(14)17-10)18-25(22,23)12-7-5-11(6-8-12)24(20,21)15-2/h5-8,13,15,18H,3-4,9H2,1-2H3. The fourth-order valence-electron chi connectivity index (χ4n) is 2.75. The highest BCUT2D eigenvalue weighted by Gasteiger charge is 2.28. The fourth-order valence-corrected chi connectivity index (χ4v) is 4.71. The summed E-state index contributed by atoms with van der Waals surface area (Å²) in [5.74, 6) is 1.20. The fraction of sp³-hybridized carbons (Fsp3) is 0.429. The van der Waals surface area contributed by atoms with E-state index in [1.807, 2.05) is 0 Å². The summed E-state index contributed by atoms with van der Waals surface area (Å²) < 4.78 is 55.2. The second-order valence-corrected chi connectivity index (χ2v) is 9.34. The SMILES string of the molecule is CNS(=O)(=O)c1ccc(S(=O)(=O)NC2CCCn3nc(C)nc32)cc1. The van der Waals surface area contributed by atoms with Gasteiger partial charge in [0.25, 0.3) is 0 Å². The zero-order valence-electron chi connectivity index (χ0n) is 13.8. The normalized spacial score (nSPS) is 18.1. The molecule has 11 heteroatoms. The van der Waals surface area contributed by atoms with E-state index >= 15 is 0 Å². The molecule has 1 unspecified atom stereocenters. The van der Waals surface area contributed by atoms with Crippen LogP contribution in [0.25, 0.3) is 0 Å². The van der Waals surface area contributed by atoms with Crippen molar-refractivity contribution < 1.29 is 16.8 Å². The van der Waals surface area contributed by atoms with E-state index in [1.165, 1.54) is 31.3 Å². The molecule has 1 atom stereocenters. The first-order valence-corrected chi connectivity index (χ1v) is 10.7. The Morgan fingerprint density at radius 3 is 2.28 bits per heavy atom. The topological polar surface area (TPSA) is 123 Å². The van der Waals surface area contributed by atoms with E-state index in [0.29, 0.717) is 24.6 Å². The molecule has 0 spiro atoms. The molecule has 3 rings (SSSR count). The molecule has 136 valence electrons. The van der Waals surface area contributed by atoms with E-state index in [1.54, 1.807) is 11.6 Å².